The Morgan fingerprint density at radius 2 is 2.05 bits per heavy atom. The number of rotatable bonds is 5. The first-order valence-electron chi connectivity index (χ1n) is 6.11. The second kappa shape index (κ2) is 7.22. The monoisotopic (exact) mass is 382 g/mol. The number of carbonyl (C=O) groups is 1. The summed E-state index contributed by atoms with van der Waals surface area (Å²) in [5.74, 6) is -0.539. The number of nitrogens with two attached hydrogens (primary N) is 1. The highest BCUT2D eigenvalue weighted by atomic mass is 79.9. The van der Waals surface area contributed by atoms with Gasteiger partial charge in [0.1, 0.15) is 0 Å². The molecule has 0 radical (unpaired) electrons. The van der Waals surface area contributed by atoms with Crippen LogP contribution in [-0.2, 0) is 6.18 Å². The highest BCUT2D eigenvalue weighted by Gasteiger charge is 2.32. The fourth-order valence-corrected chi connectivity index (χ4v) is 2.32. The topological polar surface area (TPSA) is 46.3 Å². The Morgan fingerprint density at radius 1 is 1.43 bits per heavy atom. The van der Waals surface area contributed by atoms with Gasteiger partial charge in [0.15, 0.2) is 0 Å². The molecule has 116 valence electrons. The van der Waals surface area contributed by atoms with E-state index < -0.39 is 17.6 Å². The lowest BCUT2D eigenvalue weighted by Crippen LogP contribution is -2.38. The fourth-order valence-electron chi connectivity index (χ4n) is 1.75. The SMILES string of the molecule is CCCN(CC(N)=S)C(=O)c1cc(C(F)(F)F)ccc1Br. The molecule has 0 bridgehead atoms. The number of alkyl halides is 3. The van der Waals surface area contributed by atoms with Gasteiger partial charge in [-0.25, -0.2) is 0 Å². The lowest BCUT2D eigenvalue weighted by molar-refractivity contribution is -0.137. The molecule has 2 N–H and O–H groups in total. The maximum Gasteiger partial charge on any atom is 0.416 e. The molecule has 0 fully saturated rings. The van der Waals surface area contributed by atoms with Crippen LogP contribution in [-0.4, -0.2) is 28.9 Å². The van der Waals surface area contributed by atoms with Crippen LogP contribution in [0.25, 0.3) is 0 Å². The van der Waals surface area contributed by atoms with Crippen LogP contribution in [0.2, 0.25) is 0 Å². The molecule has 1 aromatic rings. The summed E-state index contributed by atoms with van der Waals surface area (Å²) in [6.07, 6.45) is -3.86. The number of nitrogens with zero attached hydrogens (tertiary/aromatic N) is 1. The molecule has 0 saturated carbocycles. The third kappa shape index (κ3) is 4.96. The fraction of sp³-hybridized carbons (Fsp3) is 0.385. The van der Waals surface area contributed by atoms with Crippen LogP contribution in [0.1, 0.15) is 29.3 Å². The van der Waals surface area contributed by atoms with Gasteiger partial charge in [-0.1, -0.05) is 19.1 Å². The summed E-state index contributed by atoms with van der Waals surface area (Å²) in [5.41, 5.74) is 4.49. The van der Waals surface area contributed by atoms with Crippen LogP contribution in [0.3, 0.4) is 0 Å². The number of hydrogen-bond donors (Lipinski definition) is 1. The zero-order valence-electron chi connectivity index (χ0n) is 11.2. The normalized spacial score (nSPS) is 11.3. The average molecular weight is 383 g/mol. The Hall–Kier alpha value is -1.15. The second-order valence-corrected chi connectivity index (χ2v) is 5.76. The van der Waals surface area contributed by atoms with Gasteiger partial charge in [0, 0.05) is 11.0 Å². The van der Waals surface area contributed by atoms with Crippen LogP contribution < -0.4 is 5.73 Å². The minimum Gasteiger partial charge on any atom is -0.392 e. The van der Waals surface area contributed by atoms with Crippen molar-refractivity contribution < 1.29 is 18.0 Å². The molecule has 0 aliphatic carbocycles. The predicted molar refractivity (Wildman–Crippen MR) is 82.1 cm³/mol. The summed E-state index contributed by atoms with van der Waals surface area (Å²) in [6.45, 7) is 2.24. The lowest BCUT2D eigenvalue weighted by Gasteiger charge is -2.22. The number of thiocarbonyl (C=S) groups is 1. The minimum atomic E-state index is -4.51. The molecule has 0 unspecified atom stereocenters. The smallest absolute Gasteiger partial charge is 0.392 e. The standard InChI is InChI=1S/C13H14BrF3N2OS/c1-2-5-19(7-11(18)21)12(20)9-6-8(13(15,16)17)3-4-10(9)14/h3-4,6H,2,5,7H2,1H3,(H2,18,21). The molecule has 21 heavy (non-hydrogen) atoms. The van der Waals surface area contributed by atoms with Crippen molar-refractivity contribution in [1.82, 2.24) is 4.90 Å². The third-order valence-electron chi connectivity index (χ3n) is 2.65. The Balaban J connectivity index is 3.17. The van der Waals surface area contributed by atoms with Gasteiger partial charge in [-0.05, 0) is 40.5 Å². The Morgan fingerprint density at radius 3 is 2.52 bits per heavy atom. The van der Waals surface area contributed by atoms with E-state index in [1.807, 2.05) is 6.92 Å². The van der Waals surface area contributed by atoms with Crippen molar-refractivity contribution in [3.63, 3.8) is 0 Å². The number of benzene rings is 1. The van der Waals surface area contributed by atoms with Crippen LogP contribution in [0.5, 0.6) is 0 Å². The molecule has 8 heteroatoms. The van der Waals surface area contributed by atoms with E-state index >= 15 is 0 Å². The number of carbonyl (C=O) groups excluding carboxylic acids is 1. The van der Waals surface area contributed by atoms with Crippen LogP contribution in [0, 0.1) is 0 Å². The first-order chi connectivity index (χ1) is 9.66. The quantitative estimate of drug-likeness (QED) is 0.791. The third-order valence-corrected chi connectivity index (χ3v) is 3.47. The summed E-state index contributed by atoms with van der Waals surface area (Å²) >= 11 is 7.87. The van der Waals surface area contributed by atoms with Gasteiger partial charge in [0.25, 0.3) is 5.91 Å². The molecule has 0 atom stereocenters. The summed E-state index contributed by atoms with van der Waals surface area (Å²) in [7, 11) is 0. The van der Waals surface area contributed by atoms with Crippen LogP contribution in [0.15, 0.2) is 22.7 Å². The molecule has 0 spiro atoms. The molecular formula is C13H14BrF3N2OS. The summed E-state index contributed by atoms with van der Waals surface area (Å²) in [5, 5.41) is 0. The molecule has 0 aliphatic rings. The summed E-state index contributed by atoms with van der Waals surface area (Å²) in [4.78, 5) is 13.8. The van der Waals surface area contributed by atoms with E-state index in [4.69, 9.17) is 18.0 Å². The van der Waals surface area contributed by atoms with E-state index in [1.165, 1.54) is 11.0 Å². The zero-order valence-corrected chi connectivity index (χ0v) is 13.6. The number of halogens is 4. The second-order valence-electron chi connectivity index (χ2n) is 4.39. The molecule has 0 aromatic heterocycles. The van der Waals surface area contributed by atoms with Crippen molar-refractivity contribution in [2.24, 2.45) is 5.73 Å². The Bertz CT molecular complexity index is 549. The maximum absolute atomic E-state index is 12.7. The van der Waals surface area contributed by atoms with Crippen molar-refractivity contribution >= 4 is 39.0 Å². The van der Waals surface area contributed by atoms with E-state index in [0.717, 1.165) is 12.1 Å². The predicted octanol–water partition coefficient (Wildman–Crippen LogP) is 3.61. The van der Waals surface area contributed by atoms with Crippen molar-refractivity contribution in [3.8, 4) is 0 Å². The zero-order chi connectivity index (χ0) is 16.2. The molecule has 0 aliphatic heterocycles. The van der Waals surface area contributed by atoms with Gasteiger partial charge in [0.2, 0.25) is 0 Å². The summed E-state index contributed by atoms with van der Waals surface area (Å²) < 4.78 is 38.5. The van der Waals surface area contributed by atoms with E-state index in [9.17, 15) is 18.0 Å². The largest absolute Gasteiger partial charge is 0.416 e. The molecule has 0 saturated heterocycles. The van der Waals surface area contributed by atoms with Crippen molar-refractivity contribution in [1.29, 1.82) is 0 Å². The van der Waals surface area contributed by atoms with E-state index in [2.05, 4.69) is 15.9 Å². The lowest BCUT2D eigenvalue weighted by atomic mass is 10.1. The van der Waals surface area contributed by atoms with Gasteiger partial charge in [-0.15, -0.1) is 0 Å². The molecule has 0 heterocycles. The highest BCUT2D eigenvalue weighted by molar-refractivity contribution is 9.10. The van der Waals surface area contributed by atoms with Gasteiger partial charge >= 0.3 is 6.18 Å². The number of hydrogen-bond acceptors (Lipinski definition) is 2. The van der Waals surface area contributed by atoms with Crippen molar-refractivity contribution in [2.75, 3.05) is 13.1 Å². The van der Waals surface area contributed by atoms with E-state index in [-0.39, 0.29) is 17.1 Å². The van der Waals surface area contributed by atoms with Crippen molar-refractivity contribution in [3.05, 3.63) is 33.8 Å². The summed E-state index contributed by atoms with van der Waals surface area (Å²) in [6, 6.07) is 2.95. The first kappa shape index (κ1) is 17.9. The Kier molecular flexibility index (Phi) is 6.15. The molecule has 1 aromatic carbocycles. The van der Waals surface area contributed by atoms with E-state index in [1.54, 1.807) is 0 Å². The number of amides is 1. The molecule has 3 nitrogen and oxygen atoms in total. The van der Waals surface area contributed by atoms with Gasteiger partial charge in [-0.3, -0.25) is 4.79 Å². The molecular weight excluding hydrogens is 369 g/mol. The highest BCUT2D eigenvalue weighted by Crippen LogP contribution is 2.32. The molecule has 1 amide bonds. The van der Waals surface area contributed by atoms with Gasteiger partial charge in [0.05, 0.1) is 22.7 Å². The maximum atomic E-state index is 12.7. The van der Waals surface area contributed by atoms with Crippen LogP contribution >= 0.6 is 28.1 Å². The van der Waals surface area contributed by atoms with Crippen LogP contribution in [0.4, 0.5) is 13.2 Å². The first-order valence-corrected chi connectivity index (χ1v) is 7.31. The Labute approximate surface area is 134 Å². The molecule has 1 rings (SSSR count). The minimum absolute atomic E-state index is 0.0324. The van der Waals surface area contributed by atoms with Gasteiger partial charge < -0.3 is 10.6 Å². The van der Waals surface area contributed by atoms with Gasteiger partial charge in [-0.2, -0.15) is 13.2 Å². The van der Waals surface area contributed by atoms with E-state index in [0.29, 0.717) is 17.4 Å². The van der Waals surface area contributed by atoms with Crippen molar-refractivity contribution in [2.45, 2.75) is 19.5 Å². The average Bonchev–Trinajstić information content (AvgIpc) is 2.36.